The maximum Gasteiger partial charge on any atom is 0.224 e. The average molecular weight is 404 g/mol. The Bertz CT molecular complexity index is 637. The van der Waals surface area contributed by atoms with E-state index in [1.807, 2.05) is 12.1 Å². The van der Waals surface area contributed by atoms with Crippen molar-refractivity contribution in [3.63, 3.8) is 0 Å². The van der Waals surface area contributed by atoms with Crippen LogP contribution < -0.4 is 15.4 Å². The molecular weight excluding hydrogens is 365 g/mol. The van der Waals surface area contributed by atoms with Gasteiger partial charge in [-0.2, -0.15) is 0 Å². The number of benzene rings is 1. The first-order valence-electron chi connectivity index (χ1n) is 11.4. The number of carbonyl (C=O) groups is 1. The van der Waals surface area contributed by atoms with Crippen LogP contribution in [0.25, 0.3) is 0 Å². The van der Waals surface area contributed by atoms with Gasteiger partial charge in [0.15, 0.2) is 0 Å². The van der Waals surface area contributed by atoms with Crippen molar-refractivity contribution in [2.45, 2.75) is 84.1 Å². The summed E-state index contributed by atoms with van der Waals surface area (Å²) < 4.78 is 6.02. The van der Waals surface area contributed by atoms with Gasteiger partial charge in [0.2, 0.25) is 5.91 Å². The molecule has 0 spiro atoms. The van der Waals surface area contributed by atoms with Crippen LogP contribution in [0.3, 0.4) is 0 Å². The summed E-state index contributed by atoms with van der Waals surface area (Å²) in [6.45, 7) is 5.42. The SMILES string of the molecule is CCCC(CCC)[C@H]1C[C@H]1CCOc1ccc(CC(=O)NC2CCC2)c(P)c1. The maximum absolute atomic E-state index is 12.1. The average Bonchev–Trinajstić information content (AvgIpc) is 3.40. The van der Waals surface area contributed by atoms with Gasteiger partial charge >= 0.3 is 0 Å². The van der Waals surface area contributed by atoms with E-state index in [2.05, 4.69) is 34.5 Å². The zero-order valence-corrected chi connectivity index (χ0v) is 18.9. The Labute approximate surface area is 173 Å². The van der Waals surface area contributed by atoms with E-state index in [4.69, 9.17) is 4.74 Å². The van der Waals surface area contributed by atoms with Gasteiger partial charge in [0.05, 0.1) is 13.0 Å². The minimum Gasteiger partial charge on any atom is -0.494 e. The molecule has 0 bridgehead atoms. The minimum atomic E-state index is 0.135. The molecule has 0 aromatic heterocycles. The second-order valence-corrected chi connectivity index (χ2v) is 9.49. The molecule has 0 heterocycles. The molecule has 2 aliphatic carbocycles. The molecule has 2 aliphatic rings. The van der Waals surface area contributed by atoms with Crippen molar-refractivity contribution in [2.75, 3.05) is 6.61 Å². The second kappa shape index (κ2) is 10.6. The number of ether oxygens (including phenoxy) is 1. The van der Waals surface area contributed by atoms with Gasteiger partial charge in [0, 0.05) is 6.04 Å². The summed E-state index contributed by atoms with van der Waals surface area (Å²) in [5.41, 5.74) is 1.07. The van der Waals surface area contributed by atoms with Crippen LogP contribution >= 0.6 is 9.24 Å². The van der Waals surface area contributed by atoms with Gasteiger partial charge in [-0.15, -0.1) is 9.24 Å². The number of rotatable bonds is 12. The van der Waals surface area contributed by atoms with Crippen LogP contribution in [0.4, 0.5) is 0 Å². The Morgan fingerprint density at radius 3 is 2.61 bits per heavy atom. The van der Waals surface area contributed by atoms with E-state index in [0.717, 1.165) is 53.8 Å². The predicted octanol–water partition coefficient (Wildman–Crippen LogP) is 5.02. The van der Waals surface area contributed by atoms with E-state index < -0.39 is 0 Å². The van der Waals surface area contributed by atoms with E-state index in [-0.39, 0.29) is 5.91 Å². The van der Waals surface area contributed by atoms with Crippen LogP contribution in [0.5, 0.6) is 5.75 Å². The summed E-state index contributed by atoms with van der Waals surface area (Å²) in [6.07, 6.45) is 11.9. The van der Waals surface area contributed by atoms with Crippen molar-refractivity contribution < 1.29 is 9.53 Å². The first-order valence-corrected chi connectivity index (χ1v) is 12.0. The molecule has 0 aliphatic heterocycles. The molecule has 1 aromatic rings. The molecule has 3 nitrogen and oxygen atoms in total. The largest absolute Gasteiger partial charge is 0.494 e. The van der Waals surface area contributed by atoms with Crippen LogP contribution in [-0.4, -0.2) is 18.6 Å². The molecule has 2 saturated carbocycles. The minimum absolute atomic E-state index is 0.135. The molecule has 156 valence electrons. The fourth-order valence-corrected chi connectivity index (χ4v) is 5.01. The van der Waals surface area contributed by atoms with E-state index in [1.165, 1.54) is 44.9 Å². The summed E-state index contributed by atoms with van der Waals surface area (Å²) >= 11 is 0. The topological polar surface area (TPSA) is 38.3 Å². The zero-order chi connectivity index (χ0) is 19.9. The Hall–Kier alpha value is -1.08. The summed E-state index contributed by atoms with van der Waals surface area (Å²) in [6, 6.07) is 6.51. The molecule has 0 radical (unpaired) electrons. The third kappa shape index (κ3) is 6.21. The van der Waals surface area contributed by atoms with E-state index in [9.17, 15) is 4.79 Å². The van der Waals surface area contributed by atoms with Gasteiger partial charge < -0.3 is 10.1 Å². The Balaban J connectivity index is 1.39. The van der Waals surface area contributed by atoms with Gasteiger partial charge in [-0.1, -0.05) is 45.6 Å². The fourth-order valence-electron chi connectivity index (χ4n) is 4.65. The van der Waals surface area contributed by atoms with Gasteiger partial charge in [-0.3, -0.25) is 4.79 Å². The normalized spacial score (nSPS) is 21.4. The first-order chi connectivity index (χ1) is 13.6. The summed E-state index contributed by atoms with van der Waals surface area (Å²) in [5, 5.41) is 4.18. The lowest BCUT2D eigenvalue weighted by atomic mass is 9.92. The van der Waals surface area contributed by atoms with Gasteiger partial charge in [-0.25, -0.2) is 0 Å². The zero-order valence-electron chi connectivity index (χ0n) is 17.7. The van der Waals surface area contributed by atoms with E-state index in [0.29, 0.717) is 12.5 Å². The highest BCUT2D eigenvalue weighted by molar-refractivity contribution is 7.27. The first kappa shape index (κ1) is 21.6. The van der Waals surface area contributed by atoms with E-state index in [1.54, 1.807) is 0 Å². The summed E-state index contributed by atoms with van der Waals surface area (Å²) in [7, 11) is 2.76. The Morgan fingerprint density at radius 1 is 1.25 bits per heavy atom. The lowest BCUT2D eigenvalue weighted by Crippen LogP contribution is -2.40. The van der Waals surface area contributed by atoms with Crippen molar-refractivity contribution in [3.8, 4) is 5.75 Å². The number of hydrogen-bond acceptors (Lipinski definition) is 2. The predicted molar refractivity (Wildman–Crippen MR) is 120 cm³/mol. The second-order valence-electron chi connectivity index (χ2n) is 8.87. The third-order valence-electron chi connectivity index (χ3n) is 6.60. The Kier molecular flexibility index (Phi) is 8.21. The smallest absolute Gasteiger partial charge is 0.224 e. The number of hydrogen-bond donors (Lipinski definition) is 1. The number of amides is 1. The molecule has 1 N–H and O–H groups in total. The summed E-state index contributed by atoms with van der Waals surface area (Å²) in [4.78, 5) is 12.1. The monoisotopic (exact) mass is 403 g/mol. The quantitative estimate of drug-likeness (QED) is 0.498. The van der Waals surface area contributed by atoms with Gasteiger partial charge in [0.1, 0.15) is 5.75 Å². The van der Waals surface area contributed by atoms with Crippen molar-refractivity contribution in [2.24, 2.45) is 17.8 Å². The lowest BCUT2D eigenvalue weighted by molar-refractivity contribution is -0.121. The van der Waals surface area contributed by atoms with Crippen LogP contribution in [-0.2, 0) is 11.2 Å². The lowest BCUT2D eigenvalue weighted by Gasteiger charge is -2.26. The number of nitrogens with one attached hydrogen (secondary N) is 1. The van der Waals surface area contributed by atoms with Crippen molar-refractivity contribution in [1.82, 2.24) is 5.32 Å². The molecule has 1 amide bonds. The number of carbonyl (C=O) groups excluding carboxylic acids is 1. The van der Waals surface area contributed by atoms with Crippen molar-refractivity contribution >= 4 is 20.5 Å². The maximum atomic E-state index is 12.1. The van der Waals surface area contributed by atoms with Crippen LogP contribution in [0, 0.1) is 17.8 Å². The molecule has 1 aromatic carbocycles. The molecule has 28 heavy (non-hydrogen) atoms. The van der Waals surface area contributed by atoms with Gasteiger partial charge in [0.25, 0.3) is 0 Å². The standard InChI is InChI=1S/C24H38NO2P/c1-3-6-17(7-4-2)22-14-18(22)12-13-27-21-11-10-19(23(28)16-21)15-24(26)25-20-8-5-9-20/h10-11,16-18,20,22H,3-9,12-15,28H2,1-2H3,(H,25,26)/t18-,22-/m1/s1. The third-order valence-corrected chi connectivity index (χ3v) is 7.14. The highest BCUT2D eigenvalue weighted by Gasteiger charge is 2.41. The Morgan fingerprint density at radius 2 is 2.00 bits per heavy atom. The van der Waals surface area contributed by atoms with Crippen LogP contribution in [0.2, 0.25) is 0 Å². The highest BCUT2D eigenvalue weighted by Crippen LogP contribution is 2.49. The molecule has 1 unspecified atom stereocenters. The van der Waals surface area contributed by atoms with Gasteiger partial charge in [-0.05, 0) is 72.9 Å². The molecule has 2 fully saturated rings. The fraction of sp³-hybridized carbons (Fsp3) is 0.708. The van der Waals surface area contributed by atoms with Crippen molar-refractivity contribution in [1.29, 1.82) is 0 Å². The van der Waals surface area contributed by atoms with E-state index >= 15 is 0 Å². The van der Waals surface area contributed by atoms with Crippen LogP contribution in [0.15, 0.2) is 18.2 Å². The highest BCUT2D eigenvalue weighted by atomic mass is 31.0. The van der Waals surface area contributed by atoms with Crippen LogP contribution in [0.1, 0.15) is 77.2 Å². The van der Waals surface area contributed by atoms with Crippen molar-refractivity contribution in [3.05, 3.63) is 23.8 Å². The summed E-state index contributed by atoms with van der Waals surface area (Å²) in [5.74, 6) is 3.80. The molecular formula is C24H38NO2P. The molecule has 3 atom stereocenters. The molecule has 0 saturated heterocycles. The molecule has 4 heteroatoms. The molecule has 3 rings (SSSR count).